The van der Waals surface area contributed by atoms with Crippen LogP contribution in [-0.4, -0.2) is 36.2 Å². The molecule has 0 radical (unpaired) electrons. The SMILES string of the molecule is CCOC(=O)C1C(c2ccccc2)C2(C(=O)c3ccccc3C2=O)C2C=Cc3ccccc3N12. The number of benzene rings is 3. The molecule has 0 amide bonds. The first-order valence-electron chi connectivity index (χ1n) is 11.6. The largest absolute Gasteiger partial charge is 0.464 e. The molecule has 1 fully saturated rings. The van der Waals surface area contributed by atoms with E-state index in [0.29, 0.717) is 11.1 Å². The molecule has 0 aromatic heterocycles. The molecule has 3 aromatic carbocycles. The molecule has 34 heavy (non-hydrogen) atoms. The van der Waals surface area contributed by atoms with Crippen molar-refractivity contribution < 1.29 is 19.1 Å². The van der Waals surface area contributed by atoms with Crippen molar-refractivity contribution in [1.82, 2.24) is 0 Å². The first-order valence-corrected chi connectivity index (χ1v) is 11.6. The highest BCUT2D eigenvalue weighted by atomic mass is 16.5. The van der Waals surface area contributed by atoms with Gasteiger partial charge in [-0.1, -0.05) is 84.9 Å². The zero-order chi connectivity index (χ0) is 23.4. The summed E-state index contributed by atoms with van der Waals surface area (Å²) in [6.45, 7) is 1.98. The number of anilines is 1. The van der Waals surface area contributed by atoms with Crippen molar-refractivity contribution in [3.05, 3.63) is 107 Å². The Balaban J connectivity index is 1.68. The summed E-state index contributed by atoms with van der Waals surface area (Å²) in [5, 5.41) is 0. The van der Waals surface area contributed by atoms with Crippen molar-refractivity contribution in [1.29, 1.82) is 0 Å². The molecular weight excluding hydrogens is 426 g/mol. The van der Waals surface area contributed by atoms with Crippen LogP contribution in [0, 0.1) is 5.41 Å². The summed E-state index contributed by atoms with van der Waals surface area (Å²) in [4.78, 5) is 44.1. The summed E-state index contributed by atoms with van der Waals surface area (Å²) in [5.74, 6) is -1.60. The lowest BCUT2D eigenvalue weighted by Gasteiger charge is -2.36. The maximum atomic E-state index is 14.3. The van der Waals surface area contributed by atoms with Crippen LogP contribution in [0.2, 0.25) is 0 Å². The van der Waals surface area contributed by atoms with Gasteiger partial charge < -0.3 is 9.64 Å². The van der Waals surface area contributed by atoms with Gasteiger partial charge in [-0.25, -0.2) is 4.79 Å². The van der Waals surface area contributed by atoms with Crippen LogP contribution >= 0.6 is 0 Å². The predicted molar refractivity (Wildman–Crippen MR) is 129 cm³/mol. The molecule has 0 N–H and O–H groups in total. The molecule has 3 aliphatic rings. The number of Topliss-reactive ketones (excluding diaryl/α,β-unsaturated/α-hetero) is 2. The molecule has 3 aromatic rings. The first-order chi connectivity index (χ1) is 16.6. The van der Waals surface area contributed by atoms with Gasteiger partial charge in [0.05, 0.1) is 12.6 Å². The van der Waals surface area contributed by atoms with Crippen molar-refractivity contribution in [2.75, 3.05) is 11.5 Å². The minimum Gasteiger partial charge on any atom is -0.464 e. The molecule has 2 heterocycles. The van der Waals surface area contributed by atoms with E-state index < -0.39 is 29.4 Å². The third kappa shape index (κ3) is 2.52. The fraction of sp³-hybridized carbons (Fsp3) is 0.207. The Labute approximate surface area is 197 Å². The number of rotatable bonds is 3. The highest BCUT2D eigenvalue weighted by Gasteiger charge is 2.71. The number of hydrogen-bond acceptors (Lipinski definition) is 5. The summed E-state index contributed by atoms with van der Waals surface area (Å²) in [6.07, 6.45) is 3.87. The van der Waals surface area contributed by atoms with Gasteiger partial charge >= 0.3 is 5.97 Å². The number of carbonyl (C=O) groups excluding carboxylic acids is 3. The number of nitrogens with zero attached hydrogens (tertiary/aromatic N) is 1. The normalized spacial score (nSPS) is 23.6. The Kier molecular flexibility index (Phi) is 4.56. The van der Waals surface area contributed by atoms with Gasteiger partial charge in [-0.15, -0.1) is 0 Å². The lowest BCUT2D eigenvalue weighted by Crippen LogP contribution is -2.48. The summed E-state index contributed by atoms with van der Waals surface area (Å²) < 4.78 is 5.56. The molecule has 3 unspecified atom stereocenters. The number of esters is 1. The van der Waals surface area contributed by atoms with Gasteiger partial charge in [0.25, 0.3) is 0 Å². The number of fused-ring (bicyclic) bond motifs is 5. The van der Waals surface area contributed by atoms with E-state index >= 15 is 0 Å². The fourth-order valence-corrected chi connectivity index (χ4v) is 6.15. The number of para-hydroxylation sites is 1. The molecule has 168 valence electrons. The third-order valence-corrected chi connectivity index (χ3v) is 7.40. The van der Waals surface area contributed by atoms with E-state index in [1.807, 2.05) is 71.6 Å². The van der Waals surface area contributed by atoms with Crippen LogP contribution in [0.15, 0.2) is 84.9 Å². The Hall–Kier alpha value is -3.99. The summed E-state index contributed by atoms with van der Waals surface area (Å²) in [5.41, 5.74) is 1.91. The van der Waals surface area contributed by atoms with E-state index in [2.05, 4.69) is 0 Å². The van der Waals surface area contributed by atoms with Crippen LogP contribution in [0.25, 0.3) is 6.08 Å². The zero-order valence-corrected chi connectivity index (χ0v) is 18.7. The maximum absolute atomic E-state index is 14.3. The maximum Gasteiger partial charge on any atom is 0.329 e. The minimum absolute atomic E-state index is 0.210. The van der Waals surface area contributed by atoms with E-state index in [9.17, 15) is 14.4 Å². The predicted octanol–water partition coefficient (Wildman–Crippen LogP) is 4.68. The van der Waals surface area contributed by atoms with Crippen LogP contribution in [-0.2, 0) is 9.53 Å². The Morgan fingerprint density at radius 1 is 0.882 bits per heavy atom. The molecule has 6 rings (SSSR count). The van der Waals surface area contributed by atoms with Crippen molar-refractivity contribution in [3.8, 4) is 0 Å². The van der Waals surface area contributed by atoms with E-state index in [0.717, 1.165) is 16.8 Å². The van der Waals surface area contributed by atoms with Gasteiger partial charge in [0.15, 0.2) is 11.6 Å². The molecule has 5 heteroatoms. The van der Waals surface area contributed by atoms with E-state index in [4.69, 9.17) is 4.74 Å². The number of ether oxygens (including phenoxy) is 1. The van der Waals surface area contributed by atoms with Gasteiger partial charge in [0, 0.05) is 22.7 Å². The van der Waals surface area contributed by atoms with Crippen LogP contribution in [0.4, 0.5) is 5.69 Å². The van der Waals surface area contributed by atoms with Gasteiger partial charge in [0.1, 0.15) is 11.5 Å². The van der Waals surface area contributed by atoms with Gasteiger partial charge in [-0.3, -0.25) is 9.59 Å². The summed E-state index contributed by atoms with van der Waals surface area (Å²) in [6, 6.07) is 22.7. The van der Waals surface area contributed by atoms with Crippen LogP contribution < -0.4 is 4.90 Å². The second-order valence-electron chi connectivity index (χ2n) is 8.93. The molecular formula is C29H23NO4. The molecule has 1 spiro atoms. The average molecular weight is 450 g/mol. The Bertz CT molecular complexity index is 1320. The molecule has 5 nitrogen and oxygen atoms in total. The molecule has 2 aliphatic heterocycles. The second-order valence-corrected chi connectivity index (χ2v) is 8.93. The molecule has 0 bridgehead atoms. The van der Waals surface area contributed by atoms with Crippen molar-refractivity contribution >= 4 is 29.3 Å². The Morgan fingerprint density at radius 3 is 2.18 bits per heavy atom. The number of carbonyl (C=O) groups is 3. The first kappa shape index (κ1) is 20.6. The van der Waals surface area contributed by atoms with Gasteiger partial charge in [-0.05, 0) is 24.1 Å². The minimum atomic E-state index is -1.47. The topological polar surface area (TPSA) is 63.7 Å². The lowest BCUT2D eigenvalue weighted by molar-refractivity contribution is -0.145. The molecule has 0 saturated carbocycles. The smallest absolute Gasteiger partial charge is 0.329 e. The highest BCUT2D eigenvalue weighted by Crippen LogP contribution is 2.60. The monoisotopic (exact) mass is 449 g/mol. The van der Waals surface area contributed by atoms with Crippen LogP contribution in [0.1, 0.15) is 44.7 Å². The molecule has 1 saturated heterocycles. The van der Waals surface area contributed by atoms with E-state index in [1.165, 1.54) is 0 Å². The van der Waals surface area contributed by atoms with E-state index in [1.54, 1.807) is 31.2 Å². The van der Waals surface area contributed by atoms with Crippen LogP contribution in [0.5, 0.6) is 0 Å². The van der Waals surface area contributed by atoms with E-state index in [-0.39, 0.29) is 18.2 Å². The number of ketones is 2. The zero-order valence-electron chi connectivity index (χ0n) is 18.7. The number of hydrogen-bond donors (Lipinski definition) is 0. The second kappa shape index (κ2) is 7.52. The fourth-order valence-electron chi connectivity index (χ4n) is 6.15. The van der Waals surface area contributed by atoms with Gasteiger partial charge in [-0.2, -0.15) is 0 Å². The molecule has 1 aliphatic carbocycles. The van der Waals surface area contributed by atoms with Crippen molar-refractivity contribution in [2.24, 2.45) is 5.41 Å². The summed E-state index contributed by atoms with van der Waals surface area (Å²) >= 11 is 0. The standard InChI is InChI=1S/C29H23NO4/c1-2-34-28(33)25-24(19-11-4-3-5-12-19)29(26(31)20-13-7-8-14-21(20)27(29)32)23-17-16-18-10-6-9-15-22(18)30(23)25/h3-17,23-25H,2H2,1H3. The quantitative estimate of drug-likeness (QED) is 0.429. The molecule has 3 atom stereocenters. The average Bonchev–Trinajstić information content (AvgIpc) is 3.31. The van der Waals surface area contributed by atoms with Gasteiger partial charge in [0.2, 0.25) is 0 Å². The van der Waals surface area contributed by atoms with Crippen molar-refractivity contribution in [2.45, 2.75) is 24.9 Å². The summed E-state index contributed by atoms with van der Waals surface area (Å²) in [7, 11) is 0. The van der Waals surface area contributed by atoms with Crippen LogP contribution in [0.3, 0.4) is 0 Å². The van der Waals surface area contributed by atoms with Crippen molar-refractivity contribution in [3.63, 3.8) is 0 Å². The Morgan fingerprint density at radius 2 is 1.50 bits per heavy atom. The lowest BCUT2D eigenvalue weighted by atomic mass is 9.65. The highest BCUT2D eigenvalue weighted by molar-refractivity contribution is 6.32. The third-order valence-electron chi connectivity index (χ3n) is 7.40.